The van der Waals surface area contributed by atoms with Crippen molar-refractivity contribution in [3.8, 4) is 11.5 Å². The molecule has 180 valence electrons. The monoisotopic (exact) mass is 473 g/mol. The van der Waals surface area contributed by atoms with Crippen LogP contribution in [0.3, 0.4) is 0 Å². The molecule has 0 saturated carbocycles. The Morgan fingerprint density at radius 2 is 1.57 bits per heavy atom. The highest BCUT2D eigenvalue weighted by molar-refractivity contribution is 5.95. The van der Waals surface area contributed by atoms with Gasteiger partial charge in [0.2, 0.25) is 0 Å². The maximum Gasteiger partial charge on any atom is 0.510 e. The minimum atomic E-state index is -1.16. The van der Waals surface area contributed by atoms with Crippen LogP contribution in [0.1, 0.15) is 47.7 Å². The summed E-state index contributed by atoms with van der Waals surface area (Å²) in [5.74, 6) is -0.370. The molecular weight excluding hydrogens is 446 g/mol. The van der Waals surface area contributed by atoms with Crippen LogP contribution in [0.5, 0.6) is 11.5 Å². The van der Waals surface area contributed by atoms with Crippen molar-refractivity contribution in [1.29, 1.82) is 0 Å². The standard InChI is InChI=1S/C28H27NO6/c1-2-32-27(31)33-25-15-9-10-18-29(25)26(30)20-16-17-23-24(19-20)35-28(34-23,21-11-5-3-6-12-21)22-13-7-4-8-14-22/h3-8,11-14,16-17,19,25H,2,9-10,15,18H2,1H3. The number of rotatable bonds is 5. The van der Waals surface area contributed by atoms with Crippen LogP contribution in [0, 0.1) is 0 Å². The molecular formula is C28H27NO6. The second-order valence-corrected chi connectivity index (χ2v) is 8.46. The zero-order valence-electron chi connectivity index (χ0n) is 19.5. The van der Waals surface area contributed by atoms with Gasteiger partial charge in [-0.1, -0.05) is 60.7 Å². The molecule has 0 spiro atoms. The van der Waals surface area contributed by atoms with Gasteiger partial charge in [-0.2, -0.15) is 0 Å². The first-order chi connectivity index (χ1) is 17.1. The summed E-state index contributed by atoms with van der Waals surface area (Å²) < 4.78 is 23.2. The maximum absolute atomic E-state index is 13.4. The number of fused-ring (bicyclic) bond motifs is 1. The number of hydrogen-bond acceptors (Lipinski definition) is 6. The summed E-state index contributed by atoms with van der Waals surface area (Å²) in [5.41, 5.74) is 2.12. The van der Waals surface area contributed by atoms with Crippen LogP contribution >= 0.6 is 0 Å². The van der Waals surface area contributed by atoms with Crippen molar-refractivity contribution in [3.63, 3.8) is 0 Å². The van der Waals surface area contributed by atoms with Gasteiger partial charge in [0.25, 0.3) is 5.91 Å². The average Bonchev–Trinajstić information content (AvgIpc) is 3.30. The summed E-state index contributed by atoms with van der Waals surface area (Å²) in [4.78, 5) is 26.9. The van der Waals surface area contributed by atoms with E-state index in [1.807, 2.05) is 60.7 Å². The van der Waals surface area contributed by atoms with Crippen LogP contribution < -0.4 is 9.47 Å². The molecule has 7 heteroatoms. The molecule has 5 rings (SSSR count). The van der Waals surface area contributed by atoms with Crippen LogP contribution in [0.2, 0.25) is 0 Å². The molecule has 0 radical (unpaired) electrons. The summed E-state index contributed by atoms with van der Waals surface area (Å²) in [5, 5.41) is 0. The third kappa shape index (κ3) is 4.41. The highest BCUT2D eigenvalue weighted by Gasteiger charge is 2.45. The van der Waals surface area contributed by atoms with Crippen LogP contribution in [0.15, 0.2) is 78.9 Å². The Hall–Kier alpha value is -4.00. The molecule has 2 aliphatic rings. The summed E-state index contributed by atoms with van der Waals surface area (Å²) in [7, 11) is 0. The molecule has 0 aliphatic carbocycles. The van der Waals surface area contributed by atoms with Crippen LogP contribution in [-0.2, 0) is 15.3 Å². The number of ether oxygens (including phenoxy) is 4. The van der Waals surface area contributed by atoms with Crippen LogP contribution in [0.25, 0.3) is 0 Å². The summed E-state index contributed by atoms with van der Waals surface area (Å²) in [6.07, 6.45) is 0.850. The van der Waals surface area contributed by atoms with Gasteiger partial charge < -0.3 is 23.8 Å². The minimum Gasteiger partial charge on any atom is -0.440 e. The van der Waals surface area contributed by atoms with Gasteiger partial charge >= 0.3 is 11.9 Å². The van der Waals surface area contributed by atoms with Crippen molar-refractivity contribution in [1.82, 2.24) is 4.90 Å². The van der Waals surface area contributed by atoms with E-state index in [1.54, 1.807) is 30.0 Å². The van der Waals surface area contributed by atoms with Crippen LogP contribution in [-0.4, -0.2) is 36.3 Å². The Labute approximate surface area is 204 Å². The lowest BCUT2D eigenvalue weighted by Gasteiger charge is -2.34. The molecule has 1 saturated heterocycles. The van der Waals surface area contributed by atoms with Gasteiger partial charge in [-0.05, 0) is 38.0 Å². The number of carbonyl (C=O) groups is 2. The fourth-order valence-corrected chi connectivity index (χ4v) is 4.54. The highest BCUT2D eigenvalue weighted by atomic mass is 16.7. The van der Waals surface area contributed by atoms with E-state index in [1.165, 1.54) is 0 Å². The number of likely N-dealkylation sites (tertiary alicyclic amines) is 1. The molecule has 2 aliphatic heterocycles. The fraction of sp³-hybridized carbons (Fsp3) is 0.286. The minimum absolute atomic E-state index is 0.215. The molecule has 3 aromatic carbocycles. The van der Waals surface area contributed by atoms with E-state index in [2.05, 4.69) is 0 Å². The number of carbonyl (C=O) groups excluding carboxylic acids is 2. The van der Waals surface area contributed by atoms with E-state index in [0.717, 1.165) is 24.0 Å². The molecule has 0 aromatic heterocycles. The Morgan fingerprint density at radius 3 is 2.23 bits per heavy atom. The van der Waals surface area contributed by atoms with Gasteiger partial charge in [-0.3, -0.25) is 4.79 Å². The molecule has 35 heavy (non-hydrogen) atoms. The highest BCUT2D eigenvalue weighted by Crippen LogP contribution is 2.48. The van der Waals surface area contributed by atoms with E-state index in [-0.39, 0.29) is 12.5 Å². The first-order valence-electron chi connectivity index (χ1n) is 11.9. The number of amides is 1. The van der Waals surface area contributed by atoms with Crippen molar-refractivity contribution in [2.75, 3.05) is 13.2 Å². The molecule has 2 heterocycles. The Balaban J connectivity index is 1.44. The topological polar surface area (TPSA) is 74.3 Å². The van der Waals surface area contributed by atoms with Gasteiger partial charge in [-0.25, -0.2) is 4.79 Å². The van der Waals surface area contributed by atoms with E-state index >= 15 is 0 Å². The maximum atomic E-state index is 13.4. The van der Waals surface area contributed by atoms with E-state index in [9.17, 15) is 9.59 Å². The van der Waals surface area contributed by atoms with Crippen molar-refractivity contribution in [2.45, 2.75) is 38.2 Å². The quantitative estimate of drug-likeness (QED) is 0.457. The second kappa shape index (κ2) is 9.70. The SMILES string of the molecule is CCOC(=O)OC1CCCCN1C(=O)c1ccc2c(c1)OC(c1ccccc1)(c1ccccc1)O2. The first kappa shape index (κ1) is 22.8. The second-order valence-electron chi connectivity index (χ2n) is 8.46. The summed E-state index contributed by atoms with van der Waals surface area (Å²) in [6.45, 7) is 2.42. The lowest BCUT2D eigenvalue weighted by molar-refractivity contribution is -0.0512. The van der Waals surface area contributed by atoms with Gasteiger partial charge in [0.05, 0.1) is 6.61 Å². The Kier molecular flexibility index (Phi) is 6.31. The van der Waals surface area contributed by atoms with Crippen molar-refractivity contribution in [3.05, 3.63) is 95.6 Å². The lowest BCUT2D eigenvalue weighted by Crippen LogP contribution is -2.46. The number of hydrogen-bond donors (Lipinski definition) is 0. The van der Waals surface area contributed by atoms with Gasteiger partial charge in [-0.15, -0.1) is 0 Å². The number of nitrogens with zero attached hydrogens (tertiary/aromatic N) is 1. The first-order valence-corrected chi connectivity index (χ1v) is 11.9. The number of piperidine rings is 1. The van der Waals surface area contributed by atoms with Crippen molar-refractivity contribution < 1.29 is 28.5 Å². The number of benzene rings is 3. The van der Waals surface area contributed by atoms with Gasteiger partial charge in [0, 0.05) is 29.7 Å². The van der Waals surface area contributed by atoms with E-state index in [0.29, 0.717) is 30.0 Å². The Morgan fingerprint density at radius 1 is 0.914 bits per heavy atom. The fourth-order valence-electron chi connectivity index (χ4n) is 4.54. The summed E-state index contributed by atoms with van der Waals surface area (Å²) >= 11 is 0. The van der Waals surface area contributed by atoms with Crippen molar-refractivity contribution in [2.24, 2.45) is 0 Å². The largest absolute Gasteiger partial charge is 0.510 e. The molecule has 1 fully saturated rings. The predicted octanol–water partition coefficient (Wildman–Crippen LogP) is 5.48. The van der Waals surface area contributed by atoms with Crippen molar-refractivity contribution >= 4 is 12.1 Å². The predicted molar refractivity (Wildman–Crippen MR) is 128 cm³/mol. The molecule has 1 atom stereocenters. The third-order valence-corrected chi connectivity index (χ3v) is 6.21. The zero-order chi connectivity index (χ0) is 24.3. The summed E-state index contributed by atoms with van der Waals surface area (Å²) in [6, 6.07) is 24.6. The van der Waals surface area contributed by atoms with Gasteiger partial charge in [0.15, 0.2) is 17.7 Å². The molecule has 3 aromatic rings. The van der Waals surface area contributed by atoms with E-state index in [4.69, 9.17) is 18.9 Å². The molecule has 7 nitrogen and oxygen atoms in total. The Bertz CT molecular complexity index is 1160. The lowest BCUT2D eigenvalue weighted by atomic mass is 9.97. The average molecular weight is 474 g/mol. The van der Waals surface area contributed by atoms with Crippen LogP contribution in [0.4, 0.5) is 4.79 Å². The zero-order valence-corrected chi connectivity index (χ0v) is 19.5. The van der Waals surface area contributed by atoms with Gasteiger partial charge in [0.1, 0.15) is 0 Å². The molecule has 0 N–H and O–H groups in total. The smallest absolute Gasteiger partial charge is 0.440 e. The molecule has 1 unspecified atom stereocenters. The third-order valence-electron chi connectivity index (χ3n) is 6.21. The molecule has 0 bridgehead atoms. The molecule has 1 amide bonds. The van der Waals surface area contributed by atoms with E-state index < -0.39 is 18.2 Å². The normalized spacial score (nSPS) is 18.1.